The Balaban J connectivity index is 2.82. The minimum Gasteiger partial charge on any atom is -0.423 e. The Kier molecular flexibility index (Phi) is 1.60. The molecular weight excluding hydrogens is 166 g/mol. The summed E-state index contributed by atoms with van der Waals surface area (Å²) in [6.45, 7) is 6.79. The fourth-order valence-electron chi connectivity index (χ4n) is 1.13. The first-order valence-corrected chi connectivity index (χ1v) is 3.71. The van der Waals surface area contributed by atoms with E-state index in [1.54, 1.807) is 24.3 Å². The van der Waals surface area contributed by atoms with Gasteiger partial charge in [-0.05, 0) is 18.2 Å². The van der Waals surface area contributed by atoms with Crippen LogP contribution in [0.3, 0.4) is 0 Å². The second kappa shape index (κ2) is 2.76. The van der Waals surface area contributed by atoms with Crippen molar-refractivity contribution >= 4 is 16.7 Å². The third-order valence-electron chi connectivity index (χ3n) is 1.73. The average molecular weight is 171 g/mol. The van der Waals surface area contributed by atoms with Crippen LogP contribution in [0.15, 0.2) is 39.5 Å². The van der Waals surface area contributed by atoms with E-state index in [0.717, 1.165) is 5.39 Å². The Morgan fingerprint density at radius 1 is 1.23 bits per heavy atom. The summed E-state index contributed by atoms with van der Waals surface area (Å²) in [4.78, 5) is 14.1. The van der Waals surface area contributed by atoms with Crippen molar-refractivity contribution in [1.82, 2.24) is 0 Å². The van der Waals surface area contributed by atoms with Gasteiger partial charge in [-0.25, -0.2) is 9.64 Å². The maximum Gasteiger partial charge on any atom is 0.336 e. The van der Waals surface area contributed by atoms with Gasteiger partial charge >= 0.3 is 5.63 Å². The Hall–Kier alpha value is -2.08. The Labute approximate surface area is 74.0 Å². The fourth-order valence-corrected chi connectivity index (χ4v) is 1.13. The van der Waals surface area contributed by atoms with Crippen LogP contribution in [0.1, 0.15) is 0 Å². The number of nitrogens with zero attached hydrogens (tertiary/aromatic N) is 1. The van der Waals surface area contributed by atoms with Gasteiger partial charge in [0.05, 0.1) is 6.57 Å². The van der Waals surface area contributed by atoms with E-state index >= 15 is 0 Å². The summed E-state index contributed by atoms with van der Waals surface area (Å²) in [6, 6.07) is 7.93. The number of benzene rings is 1. The van der Waals surface area contributed by atoms with Crippen LogP contribution in [0.5, 0.6) is 0 Å². The van der Waals surface area contributed by atoms with Crippen molar-refractivity contribution in [2.75, 3.05) is 0 Å². The molecule has 0 unspecified atom stereocenters. The molecule has 1 aromatic heterocycles. The van der Waals surface area contributed by atoms with Gasteiger partial charge < -0.3 is 4.42 Å². The van der Waals surface area contributed by atoms with E-state index in [9.17, 15) is 4.79 Å². The van der Waals surface area contributed by atoms with E-state index in [0.29, 0.717) is 11.3 Å². The maximum absolute atomic E-state index is 10.8. The molecule has 1 aromatic carbocycles. The van der Waals surface area contributed by atoms with Gasteiger partial charge in [-0.2, -0.15) is 0 Å². The van der Waals surface area contributed by atoms with Crippen LogP contribution in [0, 0.1) is 6.57 Å². The van der Waals surface area contributed by atoms with E-state index in [1.165, 1.54) is 6.07 Å². The molecule has 0 aliphatic carbocycles. The van der Waals surface area contributed by atoms with Gasteiger partial charge in [0.1, 0.15) is 5.58 Å². The molecule has 13 heavy (non-hydrogen) atoms. The number of hydrogen-bond donors (Lipinski definition) is 0. The van der Waals surface area contributed by atoms with E-state index in [4.69, 9.17) is 11.0 Å². The molecule has 3 nitrogen and oxygen atoms in total. The lowest BCUT2D eigenvalue weighted by molar-refractivity contribution is 0.561. The highest BCUT2D eigenvalue weighted by Gasteiger charge is 1.97. The summed E-state index contributed by atoms with van der Waals surface area (Å²) in [7, 11) is 0. The normalized spacial score (nSPS) is 9.77. The second-order valence-electron chi connectivity index (χ2n) is 2.59. The van der Waals surface area contributed by atoms with E-state index in [2.05, 4.69) is 4.85 Å². The molecule has 0 saturated heterocycles. The number of hydrogen-bond acceptors (Lipinski definition) is 2. The molecular formula is C10H5NO2. The molecule has 3 heteroatoms. The van der Waals surface area contributed by atoms with E-state index in [-0.39, 0.29) is 5.63 Å². The Bertz CT molecular complexity index is 549. The van der Waals surface area contributed by atoms with Gasteiger partial charge in [-0.15, -0.1) is 0 Å². The zero-order valence-electron chi connectivity index (χ0n) is 6.65. The first-order valence-electron chi connectivity index (χ1n) is 3.71. The standard InChI is InChI=1S/C10H5NO2/c1-11-8-3-4-9-7(6-8)2-5-10(12)13-9/h2-6H. The molecule has 0 radical (unpaired) electrons. The van der Waals surface area contributed by atoms with Crippen LogP contribution >= 0.6 is 0 Å². The number of rotatable bonds is 0. The minimum atomic E-state index is -0.372. The molecule has 0 aliphatic heterocycles. The van der Waals surface area contributed by atoms with Gasteiger partial charge in [0.2, 0.25) is 0 Å². The third kappa shape index (κ3) is 1.30. The SMILES string of the molecule is [C-]#[N+]c1ccc2oc(=O)ccc2c1. The second-order valence-corrected chi connectivity index (χ2v) is 2.59. The highest BCUT2D eigenvalue weighted by molar-refractivity contribution is 5.80. The monoisotopic (exact) mass is 171 g/mol. The van der Waals surface area contributed by atoms with Gasteiger partial charge in [-0.3, -0.25) is 0 Å². The summed E-state index contributed by atoms with van der Waals surface area (Å²) in [6.07, 6.45) is 0. The highest BCUT2D eigenvalue weighted by atomic mass is 16.4. The molecule has 0 spiro atoms. The highest BCUT2D eigenvalue weighted by Crippen LogP contribution is 2.19. The van der Waals surface area contributed by atoms with Crippen LogP contribution < -0.4 is 5.63 Å². The molecule has 0 atom stereocenters. The van der Waals surface area contributed by atoms with Crippen molar-refractivity contribution in [2.45, 2.75) is 0 Å². The largest absolute Gasteiger partial charge is 0.423 e. The van der Waals surface area contributed by atoms with Crippen LogP contribution in [0.2, 0.25) is 0 Å². The minimum absolute atomic E-state index is 0.372. The summed E-state index contributed by atoms with van der Waals surface area (Å²) < 4.78 is 4.90. The molecule has 1 heterocycles. The zero-order chi connectivity index (χ0) is 9.26. The predicted molar refractivity (Wildman–Crippen MR) is 48.7 cm³/mol. The van der Waals surface area contributed by atoms with Crippen LogP contribution in [0.4, 0.5) is 5.69 Å². The topological polar surface area (TPSA) is 34.6 Å². The van der Waals surface area contributed by atoms with Crippen LogP contribution in [-0.4, -0.2) is 0 Å². The lowest BCUT2D eigenvalue weighted by Crippen LogP contribution is -1.93. The van der Waals surface area contributed by atoms with E-state index < -0.39 is 0 Å². The van der Waals surface area contributed by atoms with Crippen molar-refractivity contribution in [3.05, 3.63) is 52.2 Å². The van der Waals surface area contributed by atoms with Gasteiger partial charge in [0.15, 0.2) is 5.69 Å². The van der Waals surface area contributed by atoms with Gasteiger partial charge in [-0.1, -0.05) is 6.07 Å². The zero-order valence-corrected chi connectivity index (χ0v) is 6.65. The van der Waals surface area contributed by atoms with Gasteiger partial charge in [0.25, 0.3) is 0 Å². The molecule has 0 bridgehead atoms. The quantitative estimate of drug-likeness (QED) is 0.450. The average Bonchev–Trinajstić information content (AvgIpc) is 2.17. The first kappa shape index (κ1) is 7.56. The van der Waals surface area contributed by atoms with Crippen LogP contribution in [-0.2, 0) is 0 Å². The van der Waals surface area contributed by atoms with Crippen molar-refractivity contribution in [2.24, 2.45) is 0 Å². The first-order chi connectivity index (χ1) is 6.29. The summed E-state index contributed by atoms with van der Waals surface area (Å²) in [5, 5.41) is 0.771. The van der Waals surface area contributed by atoms with E-state index in [1.807, 2.05) is 0 Å². The lowest BCUT2D eigenvalue weighted by atomic mass is 10.2. The molecule has 2 aromatic rings. The predicted octanol–water partition coefficient (Wildman–Crippen LogP) is 2.34. The maximum atomic E-state index is 10.8. The number of fused-ring (bicyclic) bond motifs is 1. The third-order valence-corrected chi connectivity index (χ3v) is 1.73. The molecule has 0 N–H and O–H groups in total. The van der Waals surface area contributed by atoms with Gasteiger partial charge in [0, 0.05) is 11.5 Å². The van der Waals surface area contributed by atoms with Crippen molar-refractivity contribution < 1.29 is 4.42 Å². The van der Waals surface area contributed by atoms with Crippen molar-refractivity contribution in [1.29, 1.82) is 0 Å². The van der Waals surface area contributed by atoms with Crippen LogP contribution in [0.25, 0.3) is 15.8 Å². The molecule has 0 aliphatic rings. The fraction of sp³-hybridized carbons (Fsp3) is 0. The summed E-state index contributed by atoms with van der Waals surface area (Å²) >= 11 is 0. The summed E-state index contributed by atoms with van der Waals surface area (Å²) in [5.41, 5.74) is 0.685. The molecule has 2 rings (SSSR count). The molecule has 62 valence electrons. The van der Waals surface area contributed by atoms with Crippen molar-refractivity contribution in [3.8, 4) is 0 Å². The molecule has 0 amide bonds. The lowest BCUT2D eigenvalue weighted by Gasteiger charge is -1.94. The summed E-state index contributed by atoms with van der Waals surface area (Å²) in [5.74, 6) is 0. The Morgan fingerprint density at radius 2 is 2.08 bits per heavy atom. The smallest absolute Gasteiger partial charge is 0.336 e. The molecule has 0 saturated carbocycles. The Morgan fingerprint density at radius 3 is 2.85 bits per heavy atom. The molecule has 0 fully saturated rings. The van der Waals surface area contributed by atoms with Crippen molar-refractivity contribution in [3.63, 3.8) is 0 Å².